The van der Waals surface area contributed by atoms with Gasteiger partial charge < -0.3 is 9.47 Å². The second kappa shape index (κ2) is 6.11. The van der Waals surface area contributed by atoms with E-state index in [-0.39, 0.29) is 10.5 Å². The van der Waals surface area contributed by atoms with Crippen LogP contribution in [0.2, 0.25) is 0 Å². The van der Waals surface area contributed by atoms with Crippen LogP contribution in [0.3, 0.4) is 0 Å². The number of rotatable bonds is 5. The second-order valence-electron chi connectivity index (χ2n) is 5.74. The molecule has 0 saturated carbocycles. The van der Waals surface area contributed by atoms with Gasteiger partial charge in [-0.05, 0) is 57.9 Å². The Morgan fingerprint density at radius 3 is 2.00 bits per heavy atom. The van der Waals surface area contributed by atoms with Gasteiger partial charge in [-0.15, -0.1) is 0 Å². The van der Waals surface area contributed by atoms with Gasteiger partial charge >= 0.3 is 0 Å². The average molecular weight is 301 g/mol. The first-order valence-electron chi connectivity index (χ1n) is 6.41. The smallest absolute Gasteiger partial charge is 0.238 e. The molecule has 0 aliphatic carbocycles. The van der Waals surface area contributed by atoms with E-state index in [0.29, 0.717) is 19.0 Å². The molecule has 0 aliphatic rings. The molecular formula is C14H23NO4S. The second-order valence-corrected chi connectivity index (χ2v) is 7.30. The lowest BCUT2D eigenvalue weighted by Crippen LogP contribution is -2.22. The minimum Gasteiger partial charge on any atom is -0.491 e. The van der Waals surface area contributed by atoms with Gasteiger partial charge in [-0.25, -0.2) is 13.6 Å². The van der Waals surface area contributed by atoms with Crippen LogP contribution < -0.4 is 9.88 Å². The van der Waals surface area contributed by atoms with Crippen molar-refractivity contribution in [1.82, 2.24) is 0 Å². The Bertz CT molecular complexity index is 550. The third-order valence-corrected chi connectivity index (χ3v) is 3.52. The van der Waals surface area contributed by atoms with Crippen LogP contribution in [0.1, 0.15) is 31.9 Å². The van der Waals surface area contributed by atoms with E-state index in [1.54, 1.807) is 13.8 Å². The third-order valence-electron chi connectivity index (χ3n) is 2.63. The van der Waals surface area contributed by atoms with Crippen LogP contribution in [0.5, 0.6) is 5.75 Å². The quantitative estimate of drug-likeness (QED) is 0.845. The SMILES string of the molecule is Cc1cc(S(N)(=O)=O)cc(C)c1OCCOC(C)(C)C. The summed E-state index contributed by atoms with van der Waals surface area (Å²) in [6, 6.07) is 3.03. The summed E-state index contributed by atoms with van der Waals surface area (Å²) < 4.78 is 33.9. The Kier molecular flexibility index (Phi) is 5.18. The van der Waals surface area contributed by atoms with Gasteiger partial charge in [-0.2, -0.15) is 0 Å². The first-order valence-corrected chi connectivity index (χ1v) is 7.96. The molecule has 0 atom stereocenters. The molecule has 1 rings (SSSR count). The largest absolute Gasteiger partial charge is 0.491 e. The van der Waals surface area contributed by atoms with Gasteiger partial charge in [0.15, 0.2) is 0 Å². The van der Waals surface area contributed by atoms with Gasteiger partial charge in [0.25, 0.3) is 0 Å². The van der Waals surface area contributed by atoms with Gasteiger partial charge in [0.05, 0.1) is 17.1 Å². The molecule has 0 fully saturated rings. The summed E-state index contributed by atoms with van der Waals surface area (Å²) in [4.78, 5) is 0.103. The molecule has 0 unspecified atom stereocenters. The Morgan fingerprint density at radius 1 is 1.10 bits per heavy atom. The number of primary sulfonamides is 1. The van der Waals surface area contributed by atoms with Crippen molar-refractivity contribution in [2.75, 3.05) is 13.2 Å². The minimum absolute atomic E-state index is 0.103. The molecule has 0 saturated heterocycles. The standard InChI is InChI=1S/C14H23NO4S/c1-10-8-12(20(15,16)17)9-11(2)13(10)18-6-7-19-14(3,4)5/h8-9H,6-7H2,1-5H3,(H2,15,16,17). The maximum atomic E-state index is 11.3. The fourth-order valence-corrected chi connectivity index (χ4v) is 2.48. The van der Waals surface area contributed by atoms with Gasteiger partial charge in [-0.1, -0.05) is 0 Å². The predicted molar refractivity (Wildman–Crippen MR) is 78.5 cm³/mol. The molecule has 5 nitrogen and oxygen atoms in total. The van der Waals surface area contributed by atoms with E-state index in [1.165, 1.54) is 12.1 Å². The lowest BCUT2D eigenvalue weighted by Gasteiger charge is -2.20. The molecule has 0 aromatic heterocycles. The van der Waals surface area contributed by atoms with Crippen LogP contribution in [0, 0.1) is 13.8 Å². The van der Waals surface area contributed by atoms with Crippen molar-refractivity contribution in [3.8, 4) is 5.75 Å². The molecule has 0 aliphatic heterocycles. The minimum atomic E-state index is -3.69. The van der Waals surface area contributed by atoms with Gasteiger partial charge in [-0.3, -0.25) is 0 Å². The summed E-state index contributed by atoms with van der Waals surface area (Å²) in [5.74, 6) is 0.676. The van der Waals surface area contributed by atoms with Crippen molar-refractivity contribution in [3.05, 3.63) is 23.3 Å². The van der Waals surface area contributed by atoms with Crippen molar-refractivity contribution in [3.63, 3.8) is 0 Å². The van der Waals surface area contributed by atoms with Crippen molar-refractivity contribution in [2.24, 2.45) is 5.14 Å². The Labute approximate surface area is 121 Å². The summed E-state index contributed by atoms with van der Waals surface area (Å²) in [6.45, 7) is 10.4. The van der Waals surface area contributed by atoms with Gasteiger partial charge in [0, 0.05) is 0 Å². The average Bonchev–Trinajstić information content (AvgIpc) is 2.23. The molecule has 6 heteroatoms. The third kappa shape index (κ3) is 5.11. The van der Waals surface area contributed by atoms with Crippen molar-refractivity contribution in [1.29, 1.82) is 0 Å². The zero-order valence-electron chi connectivity index (χ0n) is 12.7. The number of nitrogens with two attached hydrogens (primary N) is 1. The van der Waals surface area contributed by atoms with Crippen LogP contribution in [0.25, 0.3) is 0 Å². The fraction of sp³-hybridized carbons (Fsp3) is 0.571. The molecule has 1 aromatic carbocycles. The van der Waals surface area contributed by atoms with E-state index < -0.39 is 10.0 Å². The van der Waals surface area contributed by atoms with E-state index in [4.69, 9.17) is 14.6 Å². The number of sulfonamides is 1. The highest BCUT2D eigenvalue weighted by Gasteiger charge is 2.14. The molecule has 0 spiro atoms. The highest BCUT2D eigenvalue weighted by Crippen LogP contribution is 2.26. The van der Waals surface area contributed by atoms with Crippen LogP contribution in [-0.4, -0.2) is 27.2 Å². The summed E-state index contributed by atoms with van der Waals surface area (Å²) in [5.41, 5.74) is 1.28. The number of ether oxygens (including phenoxy) is 2. The lowest BCUT2D eigenvalue weighted by atomic mass is 10.1. The summed E-state index contributed by atoms with van der Waals surface area (Å²) >= 11 is 0. The highest BCUT2D eigenvalue weighted by atomic mass is 32.2. The van der Waals surface area contributed by atoms with Crippen LogP contribution >= 0.6 is 0 Å². The first-order chi connectivity index (χ1) is 9.00. The molecule has 1 aromatic rings. The predicted octanol–water partition coefficient (Wildman–Crippen LogP) is 2.14. The monoisotopic (exact) mass is 301 g/mol. The molecule has 0 radical (unpaired) electrons. The maximum absolute atomic E-state index is 11.3. The molecular weight excluding hydrogens is 278 g/mol. The lowest BCUT2D eigenvalue weighted by molar-refractivity contribution is -0.0164. The summed E-state index contributed by atoms with van der Waals surface area (Å²) in [5, 5.41) is 5.13. The Balaban J connectivity index is 2.78. The number of hydrogen-bond acceptors (Lipinski definition) is 4. The first kappa shape index (κ1) is 16.9. The number of aryl methyl sites for hydroxylation is 2. The highest BCUT2D eigenvalue weighted by molar-refractivity contribution is 7.89. The molecule has 0 bridgehead atoms. The fourth-order valence-electron chi connectivity index (χ4n) is 1.79. The van der Waals surface area contributed by atoms with Gasteiger partial charge in [0.1, 0.15) is 12.4 Å². The summed E-state index contributed by atoms with van der Waals surface area (Å²) in [7, 11) is -3.69. The van der Waals surface area contributed by atoms with Crippen LogP contribution in [-0.2, 0) is 14.8 Å². The van der Waals surface area contributed by atoms with Crippen molar-refractivity contribution >= 4 is 10.0 Å². The summed E-state index contributed by atoms with van der Waals surface area (Å²) in [6.07, 6.45) is 0. The van der Waals surface area contributed by atoms with E-state index in [2.05, 4.69) is 0 Å². The Morgan fingerprint density at radius 2 is 1.60 bits per heavy atom. The number of benzene rings is 1. The molecule has 20 heavy (non-hydrogen) atoms. The number of hydrogen-bond donors (Lipinski definition) is 1. The van der Waals surface area contributed by atoms with Crippen LogP contribution in [0.4, 0.5) is 0 Å². The molecule has 0 heterocycles. The molecule has 0 amide bonds. The van der Waals surface area contributed by atoms with E-state index in [1.807, 2.05) is 20.8 Å². The van der Waals surface area contributed by atoms with E-state index in [0.717, 1.165) is 11.1 Å². The zero-order valence-corrected chi connectivity index (χ0v) is 13.5. The maximum Gasteiger partial charge on any atom is 0.238 e. The van der Waals surface area contributed by atoms with Gasteiger partial charge in [0.2, 0.25) is 10.0 Å². The van der Waals surface area contributed by atoms with E-state index >= 15 is 0 Å². The van der Waals surface area contributed by atoms with E-state index in [9.17, 15) is 8.42 Å². The molecule has 114 valence electrons. The van der Waals surface area contributed by atoms with Crippen molar-refractivity contribution in [2.45, 2.75) is 45.1 Å². The zero-order chi connectivity index (χ0) is 15.6. The Hall–Kier alpha value is -1.11. The van der Waals surface area contributed by atoms with Crippen molar-refractivity contribution < 1.29 is 17.9 Å². The molecule has 2 N–H and O–H groups in total. The van der Waals surface area contributed by atoms with Crippen LogP contribution in [0.15, 0.2) is 17.0 Å². The topological polar surface area (TPSA) is 78.6 Å². The normalized spacial score (nSPS) is 12.5.